The van der Waals surface area contributed by atoms with Gasteiger partial charge in [-0.2, -0.15) is 0 Å². The summed E-state index contributed by atoms with van der Waals surface area (Å²) in [6.45, 7) is 5.78. The number of carbonyl (C=O) groups excluding carboxylic acids is 1. The molecule has 0 bridgehead atoms. The molecule has 0 radical (unpaired) electrons. The van der Waals surface area contributed by atoms with Crippen LogP contribution < -0.4 is 5.32 Å². The predicted octanol–water partition coefficient (Wildman–Crippen LogP) is 1.75. The smallest absolute Gasteiger partial charge is 0.228 e. The summed E-state index contributed by atoms with van der Waals surface area (Å²) in [6.07, 6.45) is 4.47. The molecule has 0 spiro atoms. The highest BCUT2D eigenvalue weighted by Crippen LogP contribution is 1.99. The van der Waals surface area contributed by atoms with Crippen molar-refractivity contribution in [2.24, 2.45) is 10.9 Å². The molecule has 0 aliphatic carbocycles. The first-order valence-electron chi connectivity index (χ1n) is 4.56. The second-order valence-electron chi connectivity index (χ2n) is 2.91. The molecule has 0 aliphatic heterocycles. The zero-order valence-electron chi connectivity index (χ0n) is 8.79. The zero-order chi connectivity index (χ0) is 10.3. The average Bonchev–Trinajstić information content (AvgIpc) is 2.15. The largest absolute Gasteiger partial charge is 0.311 e. The summed E-state index contributed by atoms with van der Waals surface area (Å²) in [5, 5.41) is 2.74. The van der Waals surface area contributed by atoms with E-state index in [0.29, 0.717) is 5.84 Å². The van der Waals surface area contributed by atoms with Gasteiger partial charge >= 0.3 is 0 Å². The van der Waals surface area contributed by atoms with E-state index in [1.165, 1.54) is 0 Å². The van der Waals surface area contributed by atoms with Crippen LogP contribution in [0.15, 0.2) is 17.1 Å². The van der Waals surface area contributed by atoms with Gasteiger partial charge in [-0.3, -0.25) is 9.79 Å². The molecule has 0 aliphatic rings. The Bertz CT molecular complexity index is 219. The molecule has 1 unspecified atom stereocenters. The van der Waals surface area contributed by atoms with E-state index in [-0.39, 0.29) is 11.8 Å². The molecule has 1 N–H and O–H groups in total. The van der Waals surface area contributed by atoms with Crippen LogP contribution in [0, 0.1) is 5.92 Å². The molecule has 0 rings (SSSR count). The predicted molar refractivity (Wildman–Crippen MR) is 55.8 cm³/mol. The molecule has 3 heteroatoms. The Morgan fingerprint density at radius 2 is 2.23 bits per heavy atom. The van der Waals surface area contributed by atoms with E-state index in [2.05, 4.69) is 10.3 Å². The number of amides is 1. The van der Waals surface area contributed by atoms with E-state index < -0.39 is 0 Å². The minimum Gasteiger partial charge on any atom is -0.311 e. The Kier molecular flexibility index (Phi) is 5.85. The first-order valence-corrected chi connectivity index (χ1v) is 4.56. The monoisotopic (exact) mass is 182 g/mol. The van der Waals surface area contributed by atoms with Crippen molar-refractivity contribution in [3.8, 4) is 0 Å². The maximum atomic E-state index is 11.4. The number of hydrogen-bond donors (Lipinski definition) is 1. The third-order valence-electron chi connectivity index (χ3n) is 1.88. The van der Waals surface area contributed by atoms with Gasteiger partial charge in [0, 0.05) is 13.0 Å². The van der Waals surface area contributed by atoms with E-state index >= 15 is 0 Å². The molecule has 74 valence electrons. The van der Waals surface area contributed by atoms with Gasteiger partial charge in [-0.25, -0.2) is 0 Å². The lowest BCUT2D eigenvalue weighted by atomic mass is 10.1. The normalized spacial score (nSPS) is 14.6. The molecule has 0 saturated heterocycles. The second-order valence-corrected chi connectivity index (χ2v) is 2.91. The molecule has 1 atom stereocenters. The Morgan fingerprint density at radius 3 is 2.62 bits per heavy atom. The molecule has 13 heavy (non-hydrogen) atoms. The van der Waals surface area contributed by atoms with Gasteiger partial charge in [-0.05, 0) is 19.4 Å². The highest BCUT2D eigenvalue weighted by atomic mass is 16.1. The standard InChI is InChI=1S/C10H18N2O/c1-5-7-9(11-4)12-10(13)8(3)6-2/h5,7-8H,6H2,1-4H3,(H,11,12,13)/b7-5-. The molecular weight excluding hydrogens is 164 g/mol. The quantitative estimate of drug-likeness (QED) is 0.524. The van der Waals surface area contributed by atoms with Crippen LogP contribution in [-0.2, 0) is 4.79 Å². The first kappa shape index (κ1) is 11.9. The summed E-state index contributed by atoms with van der Waals surface area (Å²) in [7, 11) is 1.66. The highest BCUT2D eigenvalue weighted by Gasteiger charge is 2.10. The third-order valence-corrected chi connectivity index (χ3v) is 1.88. The molecular formula is C10H18N2O. The van der Waals surface area contributed by atoms with Crippen molar-refractivity contribution < 1.29 is 4.79 Å². The first-order chi connectivity index (χ1) is 6.15. The highest BCUT2D eigenvalue weighted by molar-refractivity contribution is 6.04. The Hall–Kier alpha value is -1.12. The van der Waals surface area contributed by atoms with Crippen molar-refractivity contribution in [3.05, 3.63) is 12.2 Å². The lowest BCUT2D eigenvalue weighted by molar-refractivity contribution is -0.123. The number of hydrogen-bond acceptors (Lipinski definition) is 2. The van der Waals surface area contributed by atoms with Gasteiger partial charge < -0.3 is 5.32 Å². The summed E-state index contributed by atoms with van der Waals surface area (Å²) in [6, 6.07) is 0. The number of nitrogens with zero attached hydrogens (tertiary/aromatic N) is 1. The van der Waals surface area contributed by atoms with Crippen LogP contribution in [-0.4, -0.2) is 18.8 Å². The minimum absolute atomic E-state index is 0.0289. The van der Waals surface area contributed by atoms with Crippen LogP contribution in [0.2, 0.25) is 0 Å². The number of allylic oxidation sites excluding steroid dienone is 1. The summed E-state index contributed by atoms with van der Waals surface area (Å²) < 4.78 is 0. The van der Waals surface area contributed by atoms with Crippen LogP contribution >= 0.6 is 0 Å². The summed E-state index contributed by atoms with van der Waals surface area (Å²) >= 11 is 0. The fourth-order valence-electron chi connectivity index (χ4n) is 0.765. The Morgan fingerprint density at radius 1 is 1.62 bits per heavy atom. The van der Waals surface area contributed by atoms with E-state index in [4.69, 9.17) is 0 Å². The zero-order valence-corrected chi connectivity index (χ0v) is 8.79. The van der Waals surface area contributed by atoms with Gasteiger partial charge in [0.1, 0.15) is 5.84 Å². The number of nitrogens with one attached hydrogen (secondary N) is 1. The third kappa shape index (κ3) is 4.45. The fraction of sp³-hybridized carbons (Fsp3) is 0.600. The van der Waals surface area contributed by atoms with Crippen molar-refractivity contribution in [2.45, 2.75) is 27.2 Å². The molecule has 0 aromatic carbocycles. The van der Waals surface area contributed by atoms with Crippen molar-refractivity contribution >= 4 is 11.7 Å². The van der Waals surface area contributed by atoms with Gasteiger partial charge in [0.05, 0.1) is 0 Å². The van der Waals surface area contributed by atoms with Crippen molar-refractivity contribution in [1.82, 2.24) is 5.32 Å². The Balaban J connectivity index is 4.18. The number of amidine groups is 1. The van der Waals surface area contributed by atoms with E-state index in [9.17, 15) is 4.79 Å². The maximum Gasteiger partial charge on any atom is 0.228 e. The van der Waals surface area contributed by atoms with Crippen molar-refractivity contribution in [2.75, 3.05) is 7.05 Å². The van der Waals surface area contributed by atoms with Gasteiger partial charge in [0.25, 0.3) is 0 Å². The molecule has 0 heterocycles. The molecule has 3 nitrogen and oxygen atoms in total. The summed E-state index contributed by atoms with van der Waals surface area (Å²) in [4.78, 5) is 15.3. The van der Waals surface area contributed by atoms with Gasteiger partial charge in [0.2, 0.25) is 5.91 Å². The summed E-state index contributed by atoms with van der Waals surface area (Å²) in [5.41, 5.74) is 0. The molecule has 0 saturated carbocycles. The van der Waals surface area contributed by atoms with E-state index in [1.54, 1.807) is 13.1 Å². The van der Waals surface area contributed by atoms with Crippen LogP contribution in [0.3, 0.4) is 0 Å². The lowest BCUT2D eigenvalue weighted by Crippen LogP contribution is -2.33. The number of rotatable bonds is 3. The van der Waals surface area contributed by atoms with Gasteiger partial charge in [-0.15, -0.1) is 0 Å². The number of aliphatic imine (C=N–C) groups is 1. The SMILES string of the molecule is C/C=C\C(=NC)NC(=O)C(C)CC. The fourth-order valence-corrected chi connectivity index (χ4v) is 0.765. The summed E-state index contributed by atoms with van der Waals surface area (Å²) in [5.74, 6) is 0.691. The molecule has 1 amide bonds. The van der Waals surface area contributed by atoms with E-state index in [0.717, 1.165) is 6.42 Å². The Labute approximate surface area is 79.9 Å². The topological polar surface area (TPSA) is 41.5 Å². The molecule has 0 aromatic heterocycles. The van der Waals surface area contributed by atoms with Crippen LogP contribution in [0.4, 0.5) is 0 Å². The van der Waals surface area contributed by atoms with E-state index in [1.807, 2.05) is 26.8 Å². The molecule has 0 aromatic rings. The maximum absolute atomic E-state index is 11.4. The second kappa shape index (κ2) is 6.40. The minimum atomic E-state index is 0.0289. The van der Waals surface area contributed by atoms with Gasteiger partial charge in [0.15, 0.2) is 0 Å². The van der Waals surface area contributed by atoms with Crippen LogP contribution in [0.1, 0.15) is 27.2 Å². The van der Waals surface area contributed by atoms with Crippen molar-refractivity contribution in [1.29, 1.82) is 0 Å². The molecule has 0 fully saturated rings. The van der Waals surface area contributed by atoms with Crippen LogP contribution in [0.25, 0.3) is 0 Å². The number of carbonyl (C=O) groups is 1. The van der Waals surface area contributed by atoms with Crippen LogP contribution in [0.5, 0.6) is 0 Å². The lowest BCUT2D eigenvalue weighted by Gasteiger charge is -2.08. The average molecular weight is 182 g/mol. The van der Waals surface area contributed by atoms with Gasteiger partial charge in [-0.1, -0.05) is 19.9 Å². The van der Waals surface area contributed by atoms with Crippen molar-refractivity contribution in [3.63, 3.8) is 0 Å².